The lowest BCUT2D eigenvalue weighted by Crippen LogP contribution is -1.99. The summed E-state index contributed by atoms with van der Waals surface area (Å²) in [6.45, 7) is 0.205. The normalized spacial score (nSPS) is 10.1. The zero-order chi connectivity index (χ0) is 10.0. The Bertz CT molecular complexity index is 355. The van der Waals surface area contributed by atoms with E-state index in [1.165, 1.54) is 12.1 Å². The summed E-state index contributed by atoms with van der Waals surface area (Å²) < 4.78 is 0. The summed E-state index contributed by atoms with van der Waals surface area (Å²) in [7, 11) is 0. The number of hydrogen-bond donors (Lipinski definition) is 1. The molecule has 2 N–H and O–H groups in total. The Kier molecular flexibility index (Phi) is 3.08. The Balaban J connectivity index is 3.31. The highest BCUT2D eigenvalue weighted by Crippen LogP contribution is 2.33. The lowest BCUT2D eigenvalue weighted by atomic mass is 10.2. The number of nitro groups is 1. The van der Waals surface area contributed by atoms with E-state index in [-0.39, 0.29) is 22.3 Å². The summed E-state index contributed by atoms with van der Waals surface area (Å²) in [4.78, 5) is 9.82. The van der Waals surface area contributed by atoms with Gasteiger partial charge in [0.2, 0.25) is 0 Å². The number of hydrogen-bond acceptors (Lipinski definition) is 3. The van der Waals surface area contributed by atoms with Gasteiger partial charge in [-0.2, -0.15) is 0 Å². The van der Waals surface area contributed by atoms with E-state index in [0.29, 0.717) is 5.56 Å². The maximum Gasteiger partial charge on any atom is 0.289 e. The predicted molar refractivity (Wildman–Crippen MR) is 51.0 cm³/mol. The molecule has 4 nitrogen and oxygen atoms in total. The van der Waals surface area contributed by atoms with E-state index in [2.05, 4.69) is 0 Å². The van der Waals surface area contributed by atoms with E-state index in [4.69, 9.17) is 28.9 Å². The van der Waals surface area contributed by atoms with Crippen molar-refractivity contribution in [1.82, 2.24) is 0 Å². The van der Waals surface area contributed by atoms with Crippen LogP contribution >= 0.6 is 23.2 Å². The fourth-order valence-corrected chi connectivity index (χ4v) is 1.37. The lowest BCUT2D eigenvalue weighted by molar-refractivity contribution is -0.384. The minimum atomic E-state index is -0.589. The van der Waals surface area contributed by atoms with Crippen LogP contribution in [0.4, 0.5) is 5.69 Å². The van der Waals surface area contributed by atoms with E-state index in [1.54, 1.807) is 0 Å². The SMILES string of the molecule is NCc1ccc([N+](=O)[O-])c(Cl)c1Cl. The quantitative estimate of drug-likeness (QED) is 0.615. The third-order valence-corrected chi connectivity index (χ3v) is 2.47. The van der Waals surface area contributed by atoms with Gasteiger partial charge in [-0.15, -0.1) is 0 Å². The first-order valence-electron chi connectivity index (χ1n) is 3.39. The predicted octanol–water partition coefficient (Wildman–Crippen LogP) is 2.36. The van der Waals surface area contributed by atoms with Gasteiger partial charge in [0.25, 0.3) is 5.69 Å². The molecule has 0 radical (unpaired) electrons. The first-order chi connectivity index (χ1) is 6.07. The van der Waals surface area contributed by atoms with E-state index < -0.39 is 4.92 Å². The molecule has 0 saturated heterocycles. The van der Waals surface area contributed by atoms with Crippen molar-refractivity contribution >= 4 is 28.9 Å². The summed E-state index contributed by atoms with van der Waals surface area (Å²) in [6, 6.07) is 2.78. The molecule has 0 saturated carbocycles. The second-order valence-electron chi connectivity index (χ2n) is 2.33. The Morgan fingerprint density at radius 2 is 2.00 bits per heavy atom. The second kappa shape index (κ2) is 3.91. The molecule has 1 aromatic carbocycles. The molecule has 0 amide bonds. The first-order valence-corrected chi connectivity index (χ1v) is 4.15. The van der Waals surface area contributed by atoms with Crippen molar-refractivity contribution in [3.63, 3.8) is 0 Å². The number of halogens is 2. The second-order valence-corrected chi connectivity index (χ2v) is 3.09. The van der Waals surface area contributed by atoms with Crippen molar-refractivity contribution in [3.05, 3.63) is 37.9 Å². The standard InChI is InChI=1S/C7H6Cl2N2O2/c8-6-4(3-10)1-2-5(7(6)9)11(12)13/h1-2H,3,10H2. The van der Waals surface area contributed by atoms with Crippen LogP contribution in [0, 0.1) is 10.1 Å². The molecule has 0 aliphatic rings. The largest absolute Gasteiger partial charge is 0.326 e. The molecular weight excluding hydrogens is 215 g/mol. The number of nitrogens with zero attached hydrogens (tertiary/aromatic N) is 1. The van der Waals surface area contributed by atoms with Crippen molar-refractivity contribution in [2.75, 3.05) is 0 Å². The molecule has 70 valence electrons. The smallest absolute Gasteiger partial charge is 0.289 e. The third kappa shape index (κ3) is 1.91. The van der Waals surface area contributed by atoms with Crippen LogP contribution < -0.4 is 5.73 Å². The molecule has 13 heavy (non-hydrogen) atoms. The van der Waals surface area contributed by atoms with Gasteiger partial charge in [-0.3, -0.25) is 10.1 Å². The molecule has 0 spiro atoms. The van der Waals surface area contributed by atoms with Crippen molar-refractivity contribution in [2.45, 2.75) is 6.54 Å². The van der Waals surface area contributed by atoms with Crippen LogP contribution in [0.2, 0.25) is 10.0 Å². The van der Waals surface area contributed by atoms with Gasteiger partial charge in [-0.05, 0) is 11.6 Å². The summed E-state index contributed by atoms with van der Waals surface area (Å²) >= 11 is 11.4. The minimum absolute atomic E-state index is 0.0605. The van der Waals surface area contributed by atoms with Crippen LogP contribution in [-0.2, 0) is 6.54 Å². The number of nitrogens with two attached hydrogens (primary N) is 1. The van der Waals surface area contributed by atoms with Crippen molar-refractivity contribution < 1.29 is 4.92 Å². The molecule has 0 atom stereocenters. The van der Waals surface area contributed by atoms with Crippen molar-refractivity contribution in [3.8, 4) is 0 Å². The Morgan fingerprint density at radius 3 is 2.46 bits per heavy atom. The molecule has 0 heterocycles. The number of benzene rings is 1. The Labute approximate surface area is 84.4 Å². The van der Waals surface area contributed by atoms with Gasteiger partial charge in [-0.1, -0.05) is 23.2 Å². The van der Waals surface area contributed by atoms with Gasteiger partial charge < -0.3 is 5.73 Å². The van der Waals surface area contributed by atoms with Crippen LogP contribution in [0.15, 0.2) is 12.1 Å². The molecule has 1 rings (SSSR count). The molecule has 0 aromatic heterocycles. The third-order valence-electron chi connectivity index (χ3n) is 1.56. The highest BCUT2D eigenvalue weighted by molar-refractivity contribution is 6.43. The molecule has 0 fully saturated rings. The molecular formula is C7H6Cl2N2O2. The van der Waals surface area contributed by atoms with Crippen LogP contribution in [0.5, 0.6) is 0 Å². The van der Waals surface area contributed by atoms with Gasteiger partial charge in [-0.25, -0.2) is 0 Å². The molecule has 0 unspecified atom stereocenters. The van der Waals surface area contributed by atoms with Gasteiger partial charge in [0.1, 0.15) is 5.02 Å². The van der Waals surface area contributed by atoms with Gasteiger partial charge >= 0.3 is 0 Å². The molecule has 0 bridgehead atoms. The summed E-state index contributed by atoms with van der Waals surface area (Å²) in [5.41, 5.74) is 5.72. The van der Waals surface area contributed by atoms with E-state index in [9.17, 15) is 10.1 Å². The van der Waals surface area contributed by atoms with Crippen LogP contribution in [-0.4, -0.2) is 4.92 Å². The van der Waals surface area contributed by atoms with Gasteiger partial charge in [0.15, 0.2) is 0 Å². The van der Waals surface area contributed by atoms with Gasteiger partial charge in [0.05, 0.1) is 9.95 Å². The molecule has 6 heteroatoms. The van der Waals surface area contributed by atoms with E-state index in [0.717, 1.165) is 0 Å². The summed E-state index contributed by atoms with van der Waals surface area (Å²) in [5.74, 6) is 0. The summed E-state index contributed by atoms with van der Waals surface area (Å²) in [5, 5.41) is 10.5. The van der Waals surface area contributed by atoms with Crippen LogP contribution in [0.1, 0.15) is 5.56 Å². The zero-order valence-electron chi connectivity index (χ0n) is 6.46. The highest BCUT2D eigenvalue weighted by Gasteiger charge is 2.16. The molecule has 0 aliphatic heterocycles. The van der Waals surface area contributed by atoms with Crippen LogP contribution in [0.3, 0.4) is 0 Å². The Hall–Kier alpha value is -0.840. The fourth-order valence-electron chi connectivity index (χ4n) is 0.878. The zero-order valence-corrected chi connectivity index (χ0v) is 7.97. The van der Waals surface area contributed by atoms with Crippen molar-refractivity contribution in [1.29, 1.82) is 0 Å². The van der Waals surface area contributed by atoms with E-state index in [1.807, 2.05) is 0 Å². The fraction of sp³-hybridized carbons (Fsp3) is 0.143. The van der Waals surface area contributed by atoms with E-state index >= 15 is 0 Å². The average molecular weight is 221 g/mol. The average Bonchev–Trinajstić information content (AvgIpc) is 2.09. The lowest BCUT2D eigenvalue weighted by Gasteiger charge is -2.02. The van der Waals surface area contributed by atoms with Crippen molar-refractivity contribution in [2.24, 2.45) is 5.73 Å². The first kappa shape index (κ1) is 10.2. The maximum absolute atomic E-state index is 10.4. The Morgan fingerprint density at radius 1 is 1.38 bits per heavy atom. The van der Waals surface area contributed by atoms with Crippen LogP contribution in [0.25, 0.3) is 0 Å². The van der Waals surface area contributed by atoms with Gasteiger partial charge in [0, 0.05) is 12.6 Å². The molecule has 0 aliphatic carbocycles. The monoisotopic (exact) mass is 220 g/mol. The maximum atomic E-state index is 10.4. The number of nitro benzene ring substituents is 1. The minimum Gasteiger partial charge on any atom is -0.326 e. The molecule has 1 aromatic rings. The summed E-state index contributed by atoms with van der Waals surface area (Å²) in [6.07, 6.45) is 0. The number of rotatable bonds is 2. The topological polar surface area (TPSA) is 69.2 Å². The highest BCUT2D eigenvalue weighted by atomic mass is 35.5.